The number of ether oxygens (including phenoxy) is 1. The highest BCUT2D eigenvalue weighted by Crippen LogP contribution is 2.20. The van der Waals surface area contributed by atoms with Crippen LogP contribution in [0.25, 0.3) is 10.9 Å². The lowest BCUT2D eigenvalue weighted by molar-refractivity contribution is 0.324. The largest absolute Gasteiger partial charge is 0.490 e. The van der Waals surface area contributed by atoms with Crippen LogP contribution >= 0.6 is 11.8 Å². The molecule has 7 heteroatoms. The molecular formula is C23H18F2N2O2S. The van der Waals surface area contributed by atoms with E-state index in [1.807, 2.05) is 6.07 Å². The summed E-state index contributed by atoms with van der Waals surface area (Å²) in [6.07, 6.45) is 0. The van der Waals surface area contributed by atoms with Crippen LogP contribution in [0.2, 0.25) is 0 Å². The molecule has 152 valence electrons. The zero-order valence-corrected chi connectivity index (χ0v) is 16.7. The van der Waals surface area contributed by atoms with Gasteiger partial charge in [0.25, 0.3) is 5.56 Å². The third-order valence-electron chi connectivity index (χ3n) is 4.49. The van der Waals surface area contributed by atoms with Crippen LogP contribution in [-0.4, -0.2) is 21.9 Å². The molecule has 0 saturated carbocycles. The Labute approximate surface area is 176 Å². The SMILES string of the molecule is O=c1c2ccccc2nc(SCCOc2ccccc2F)n1Cc1ccc(F)cc1. The first kappa shape index (κ1) is 20.1. The topological polar surface area (TPSA) is 44.1 Å². The molecule has 0 amide bonds. The Morgan fingerprint density at radius 3 is 2.47 bits per heavy atom. The molecule has 4 nitrogen and oxygen atoms in total. The van der Waals surface area contributed by atoms with Crippen LogP contribution in [0.1, 0.15) is 5.56 Å². The molecule has 0 spiro atoms. The number of aromatic nitrogens is 2. The summed E-state index contributed by atoms with van der Waals surface area (Å²) in [5, 5.41) is 1.05. The first-order chi connectivity index (χ1) is 14.6. The molecule has 4 aromatic rings. The number of thioether (sulfide) groups is 1. The molecule has 1 heterocycles. The molecular weight excluding hydrogens is 406 g/mol. The Bertz CT molecular complexity index is 1230. The van der Waals surface area contributed by atoms with Gasteiger partial charge in [-0.3, -0.25) is 9.36 Å². The average molecular weight is 424 g/mol. The second kappa shape index (κ2) is 9.09. The van der Waals surface area contributed by atoms with Gasteiger partial charge in [0, 0.05) is 5.75 Å². The maximum Gasteiger partial charge on any atom is 0.262 e. The van der Waals surface area contributed by atoms with Crippen LogP contribution in [0.4, 0.5) is 8.78 Å². The van der Waals surface area contributed by atoms with E-state index in [1.54, 1.807) is 53.1 Å². The fourth-order valence-corrected chi connectivity index (χ4v) is 3.83. The van der Waals surface area contributed by atoms with Crippen LogP contribution in [-0.2, 0) is 6.54 Å². The van der Waals surface area contributed by atoms with Crippen LogP contribution in [0.3, 0.4) is 0 Å². The first-order valence-corrected chi connectivity index (χ1v) is 10.3. The number of benzene rings is 3. The summed E-state index contributed by atoms with van der Waals surface area (Å²) in [5.41, 5.74) is 1.23. The van der Waals surface area contributed by atoms with Gasteiger partial charge in [-0.05, 0) is 42.0 Å². The van der Waals surface area contributed by atoms with Gasteiger partial charge in [0.2, 0.25) is 0 Å². The van der Waals surface area contributed by atoms with Crippen LogP contribution < -0.4 is 10.3 Å². The predicted octanol–water partition coefficient (Wildman–Crippen LogP) is 4.89. The summed E-state index contributed by atoms with van der Waals surface area (Å²) < 4.78 is 34.0. The van der Waals surface area contributed by atoms with E-state index in [2.05, 4.69) is 4.98 Å². The van der Waals surface area contributed by atoms with E-state index in [4.69, 9.17) is 4.74 Å². The zero-order valence-electron chi connectivity index (χ0n) is 15.9. The Morgan fingerprint density at radius 2 is 1.67 bits per heavy atom. The van der Waals surface area contributed by atoms with Crippen LogP contribution in [0.5, 0.6) is 5.75 Å². The zero-order chi connectivity index (χ0) is 20.9. The third kappa shape index (κ3) is 4.52. The quantitative estimate of drug-likeness (QED) is 0.241. The van der Waals surface area contributed by atoms with E-state index in [0.717, 1.165) is 5.56 Å². The lowest BCUT2D eigenvalue weighted by Crippen LogP contribution is -2.24. The second-order valence-corrected chi connectivity index (χ2v) is 7.62. The number of hydrogen-bond donors (Lipinski definition) is 0. The Kier molecular flexibility index (Phi) is 6.09. The standard InChI is InChI=1S/C23H18F2N2O2S/c24-17-11-9-16(10-12-17)15-27-22(28)18-5-1-3-7-20(18)26-23(27)30-14-13-29-21-8-4-2-6-19(21)25/h1-12H,13-15H2. The fraction of sp³-hybridized carbons (Fsp3) is 0.130. The molecule has 0 unspecified atom stereocenters. The Balaban J connectivity index is 1.58. The molecule has 0 radical (unpaired) electrons. The van der Waals surface area contributed by atoms with Crippen molar-refractivity contribution in [2.75, 3.05) is 12.4 Å². The minimum atomic E-state index is -0.417. The van der Waals surface area contributed by atoms with Crippen molar-refractivity contribution in [2.45, 2.75) is 11.7 Å². The number of halogens is 2. The minimum Gasteiger partial charge on any atom is -0.490 e. The van der Waals surface area contributed by atoms with Crippen LogP contribution in [0.15, 0.2) is 82.7 Å². The molecule has 0 fully saturated rings. The summed E-state index contributed by atoms with van der Waals surface area (Å²) in [5.74, 6) is -0.0850. The second-order valence-electron chi connectivity index (χ2n) is 6.56. The maximum absolute atomic E-state index is 13.7. The molecule has 0 bridgehead atoms. The molecule has 0 atom stereocenters. The number of nitrogens with zero attached hydrogens (tertiary/aromatic N) is 2. The number of para-hydroxylation sites is 2. The van der Waals surface area contributed by atoms with Gasteiger partial charge in [0.15, 0.2) is 16.7 Å². The molecule has 0 saturated heterocycles. The molecule has 0 aliphatic rings. The molecule has 1 aromatic heterocycles. The van der Waals surface area contributed by atoms with E-state index in [-0.39, 0.29) is 30.3 Å². The highest BCUT2D eigenvalue weighted by Gasteiger charge is 2.12. The molecule has 0 aliphatic carbocycles. The van der Waals surface area contributed by atoms with E-state index in [0.29, 0.717) is 21.8 Å². The van der Waals surface area contributed by atoms with Gasteiger partial charge in [0.05, 0.1) is 24.1 Å². The lowest BCUT2D eigenvalue weighted by Gasteiger charge is -2.13. The van der Waals surface area contributed by atoms with E-state index < -0.39 is 5.82 Å². The lowest BCUT2D eigenvalue weighted by atomic mass is 10.2. The molecule has 3 aromatic carbocycles. The van der Waals surface area contributed by atoms with Crippen molar-refractivity contribution < 1.29 is 13.5 Å². The van der Waals surface area contributed by atoms with Gasteiger partial charge in [-0.2, -0.15) is 0 Å². The first-order valence-electron chi connectivity index (χ1n) is 9.36. The monoisotopic (exact) mass is 424 g/mol. The normalized spacial score (nSPS) is 11.0. The van der Waals surface area contributed by atoms with Crippen molar-refractivity contribution in [3.63, 3.8) is 0 Å². The summed E-state index contributed by atoms with van der Waals surface area (Å²) in [7, 11) is 0. The molecule has 30 heavy (non-hydrogen) atoms. The summed E-state index contributed by atoms with van der Waals surface area (Å²) >= 11 is 1.35. The third-order valence-corrected chi connectivity index (χ3v) is 5.43. The smallest absolute Gasteiger partial charge is 0.262 e. The molecule has 0 aliphatic heterocycles. The number of fused-ring (bicyclic) bond motifs is 1. The minimum absolute atomic E-state index is 0.164. The summed E-state index contributed by atoms with van der Waals surface area (Å²) in [4.78, 5) is 17.7. The van der Waals surface area contributed by atoms with E-state index in [1.165, 1.54) is 30.0 Å². The summed E-state index contributed by atoms with van der Waals surface area (Å²) in [6, 6.07) is 19.4. The fourth-order valence-electron chi connectivity index (χ4n) is 3.02. The summed E-state index contributed by atoms with van der Waals surface area (Å²) in [6.45, 7) is 0.526. The molecule has 0 N–H and O–H groups in total. The molecule has 4 rings (SSSR count). The highest BCUT2D eigenvalue weighted by atomic mass is 32.2. The van der Waals surface area contributed by atoms with E-state index in [9.17, 15) is 13.6 Å². The number of hydrogen-bond acceptors (Lipinski definition) is 4. The van der Waals surface area contributed by atoms with Gasteiger partial charge in [-0.1, -0.05) is 48.2 Å². The predicted molar refractivity (Wildman–Crippen MR) is 114 cm³/mol. The van der Waals surface area contributed by atoms with Crippen molar-refractivity contribution in [1.29, 1.82) is 0 Å². The van der Waals surface area contributed by atoms with Crippen molar-refractivity contribution in [2.24, 2.45) is 0 Å². The van der Waals surface area contributed by atoms with Crippen molar-refractivity contribution >= 4 is 22.7 Å². The van der Waals surface area contributed by atoms with Crippen molar-refractivity contribution in [3.8, 4) is 5.75 Å². The maximum atomic E-state index is 13.7. The van der Waals surface area contributed by atoms with Gasteiger partial charge in [-0.15, -0.1) is 0 Å². The van der Waals surface area contributed by atoms with Gasteiger partial charge < -0.3 is 4.74 Å². The number of rotatable bonds is 7. The average Bonchev–Trinajstić information content (AvgIpc) is 2.76. The van der Waals surface area contributed by atoms with Crippen LogP contribution in [0, 0.1) is 11.6 Å². The Hall–Kier alpha value is -3.19. The van der Waals surface area contributed by atoms with Gasteiger partial charge in [-0.25, -0.2) is 13.8 Å². The van der Waals surface area contributed by atoms with E-state index >= 15 is 0 Å². The van der Waals surface area contributed by atoms with Gasteiger partial charge >= 0.3 is 0 Å². The highest BCUT2D eigenvalue weighted by molar-refractivity contribution is 7.99. The van der Waals surface area contributed by atoms with Crippen molar-refractivity contribution in [3.05, 3.63) is 100 Å². The van der Waals surface area contributed by atoms with Gasteiger partial charge in [0.1, 0.15) is 5.82 Å². The van der Waals surface area contributed by atoms with Crippen molar-refractivity contribution in [1.82, 2.24) is 9.55 Å². The Morgan fingerprint density at radius 1 is 0.933 bits per heavy atom.